The monoisotopic (exact) mass is 238 g/mol. The molecule has 5 heteroatoms. The maximum absolute atomic E-state index is 5.86. The summed E-state index contributed by atoms with van der Waals surface area (Å²) < 4.78 is 1.84. The summed E-state index contributed by atoms with van der Waals surface area (Å²) in [4.78, 5) is 6.47. The number of hydrogen-bond acceptors (Lipinski definition) is 3. The summed E-state index contributed by atoms with van der Waals surface area (Å²) in [6, 6.07) is 2.27. The molecule has 1 unspecified atom stereocenters. The van der Waals surface area contributed by atoms with Gasteiger partial charge < -0.3 is 4.90 Å². The van der Waals surface area contributed by atoms with Gasteiger partial charge in [0.2, 0.25) is 0 Å². The summed E-state index contributed by atoms with van der Waals surface area (Å²) >= 11 is 5.86. The fraction of sp³-hybridized carbons (Fsp3) is 0.455. The Kier molecular flexibility index (Phi) is 3.01. The molecule has 2 heterocycles. The maximum atomic E-state index is 5.86. The smallest absolute Gasteiger partial charge is 0.154 e. The third-order valence-corrected chi connectivity index (χ3v) is 3.16. The van der Waals surface area contributed by atoms with Crippen LogP contribution in [0.15, 0.2) is 18.5 Å². The second-order valence-corrected chi connectivity index (χ2v) is 4.29. The first kappa shape index (κ1) is 11.2. The van der Waals surface area contributed by atoms with Gasteiger partial charge in [0.1, 0.15) is 5.52 Å². The van der Waals surface area contributed by atoms with Gasteiger partial charge in [-0.05, 0) is 19.9 Å². The van der Waals surface area contributed by atoms with Crippen molar-refractivity contribution >= 4 is 22.9 Å². The Hall–Kier alpha value is -1.29. The van der Waals surface area contributed by atoms with Crippen LogP contribution < -0.4 is 4.90 Å². The largest absolute Gasteiger partial charge is 0.354 e. The molecule has 16 heavy (non-hydrogen) atoms. The van der Waals surface area contributed by atoms with E-state index < -0.39 is 0 Å². The van der Waals surface area contributed by atoms with Crippen LogP contribution >= 0.6 is 11.6 Å². The van der Waals surface area contributed by atoms with E-state index in [-0.39, 0.29) is 6.04 Å². The average molecular weight is 239 g/mol. The van der Waals surface area contributed by atoms with Crippen molar-refractivity contribution in [3.8, 4) is 0 Å². The van der Waals surface area contributed by atoms with E-state index in [1.807, 2.05) is 30.8 Å². The van der Waals surface area contributed by atoms with E-state index in [0.29, 0.717) is 5.88 Å². The minimum atomic E-state index is 0.246. The van der Waals surface area contributed by atoms with Crippen molar-refractivity contribution in [2.45, 2.75) is 19.9 Å². The lowest BCUT2D eigenvalue weighted by atomic mass is 10.3. The van der Waals surface area contributed by atoms with Crippen molar-refractivity contribution in [2.75, 3.05) is 17.8 Å². The molecule has 86 valence electrons. The molecule has 0 aliphatic carbocycles. The van der Waals surface area contributed by atoms with Gasteiger partial charge in [-0.15, -0.1) is 11.6 Å². The molecule has 0 radical (unpaired) electrons. The van der Waals surface area contributed by atoms with Crippen molar-refractivity contribution in [2.24, 2.45) is 0 Å². The van der Waals surface area contributed by atoms with Gasteiger partial charge in [-0.3, -0.25) is 0 Å². The number of aryl methyl sites for hydroxylation is 1. The number of fused-ring (bicyclic) bond motifs is 1. The predicted molar refractivity (Wildman–Crippen MR) is 66.3 cm³/mol. The molecule has 0 aromatic carbocycles. The summed E-state index contributed by atoms with van der Waals surface area (Å²) in [6.45, 7) is 4.04. The van der Waals surface area contributed by atoms with Crippen LogP contribution in [0.3, 0.4) is 0 Å². The second-order valence-electron chi connectivity index (χ2n) is 3.98. The summed E-state index contributed by atoms with van der Waals surface area (Å²) in [7, 11) is 2.00. The highest BCUT2D eigenvalue weighted by atomic mass is 35.5. The number of halogens is 1. The Bertz CT molecular complexity index is 494. The highest BCUT2D eigenvalue weighted by Gasteiger charge is 2.14. The van der Waals surface area contributed by atoms with Crippen LogP contribution in [0.5, 0.6) is 0 Å². The quantitative estimate of drug-likeness (QED) is 0.768. The van der Waals surface area contributed by atoms with Crippen molar-refractivity contribution in [1.82, 2.24) is 14.6 Å². The predicted octanol–water partition coefficient (Wildman–Crippen LogP) is 2.10. The van der Waals surface area contributed by atoms with Crippen molar-refractivity contribution in [3.63, 3.8) is 0 Å². The van der Waals surface area contributed by atoms with Gasteiger partial charge >= 0.3 is 0 Å². The van der Waals surface area contributed by atoms with Gasteiger partial charge in [0.05, 0.1) is 5.69 Å². The van der Waals surface area contributed by atoms with Gasteiger partial charge in [-0.1, -0.05) is 0 Å². The van der Waals surface area contributed by atoms with E-state index in [4.69, 9.17) is 11.6 Å². The van der Waals surface area contributed by atoms with Crippen LogP contribution in [-0.4, -0.2) is 33.6 Å². The van der Waals surface area contributed by atoms with Crippen LogP contribution in [0.25, 0.3) is 5.52 Å². The van der Waals surface area contributed by atoms with E-state index in [1.54, 1.807) is 6.20 Å². The number of hydrogen-bond donors (Lipinski definition) is 0. The zero-order valence-corrected chi connectivity index (χ0v) is 10.4. The molecule has 0 aliphatic heterocycles. The van der Waals surface area contributed by atoms with Crippen LogP contribution in [0.1, 0.15) is 12.6 Å². The van der Waals surface area contributed by atoms with Gasteiger partial charge in [-0.2, -0.15) is 5.10 Å². The van der Waals surface area contributed by atoms with E-state index in [1.165, 1.54) is 0 Å². The Morgan fingerprint density at radius 3 is 3.00 bits per heavy atom. The SMILES string of the molecule is Cc1cc2c(N(C)C(C)CCl)nccn2n1. The minimum absolute atomic E-state index is 0.246. The molecule has 0 fully saturated rings. The molecule has 2 aromatic rings. The van der Waals surface area contributed by atoms with Crippen LogP contribution in [-0.2, 0) is 0 Å². The van der Waals surface area contributed by atoms with E-state index in [2.05, 4.69) is 21.9 Å². The van der Waals surface area contributed by atoms with Crippen LogP contribution in [0.4, 0.5) is 5.82 Å². The molecular formula is C11H15ClN4. The third-order valence-electron chi connectivity index (χ3n) is 2.71. The molecule has 0 saturated heterocycles. The van der Waals surface area contributed by atoms with Gasteiger partial charge in [0.15, 0.2) is 5.82 Å². The van der Waals surface area contributed by atoms with E-state index >= 15 is 0 Å². The van der Waals surface area contributed by atoms with Crippen molar-refractivity contribution < 1.29 is 0 Å². The number of rotatable bonds is 3. The van der Waals surface area contributed by atoms with Gasteiger partial charge in [0.25, 0.3) is 0 Å². The summed E-state index contributed by atoms with van der Waals surface area (Å²) in [6.07, 6.45) is 3.61. The summed E-state index contributed by atoms with van der Waals surface area (Å²) in [5.41, 5.74) is 2.00. The highest BCUT2D eigenvalue weighted by molar-refractivity contribution is 6.18. The molecule has 2 aromatic heterocycles. The first-order valence-electron chi connectivity index (χ1n) is 5.23. The standard InChI is InChI=1S/C11H15ClN4/c1-8-6-10-11(15(3)9(2)7-12)13-4-5-16(10)14-8/h4-6,9H,7H2,1-3H3. The maximum Gasteiger partial charge on any atom is 0.154 e. The zero-order valence-electron chi connectivity index (χ0n) is 9.68. The lowest BCUT2D eigenvalue weighted by molar-refractivity contribution is 0.747. The minimum Gasteiger partial charge on any atom is -0.354 e. The van der Waals surface area contributed by atoms with Crippen LogP contribution in [0, 0.1) is 6.92 Å². The molecule has 0 aliphatic rings. The molecule has 0 amide bonds. The topological polar surface area (TPSA) is 33.4 Å². The fourth-order valence-corrected chi connectivity index (χ4v) is 1.82. The number of alkyl halides is 1. The molecule has 0 saturated carbocycles. The number of anilines is 1. The number of aromatic nitrogens is 3. The zero-order chi connectivity index (χ0) is 11.7. The van der Waals surface area contributed by atoms with Crippen LogP contribution in [0.2, 0.25) is 0 Å². The Balaban J connectivity index is 2.51. The lowest BCUT2D eigenvalue weighted by Gasteiger charge is -2.24. The average Bonchev–Trinajstić information content (AvgIpc) is 2.66. The van der Waals surface area contributed by atoms with E-state index in [0.717, 1.165) is 17.0 Å². The first-order chi connectivity index (χ1) is 7.63. The molecule has 0 spiro atoms. The fourth-order valence-electron chi connectivity index (χ4n) is 1.61. The molecular weight excluding hydrogens is 224 g/mol. The summed E-state index contributed by atoms with van der Waals surface area (Å²) in [5, 5.41) is 4.36. The second kappa shape index (κ2) is 4.29. The molecule has 2 rings (SSSR count). The highest BCUT2D eigenvalue weighted by Crippen LogP contribution is 2.20. The van der Waals surface area contributed by atoms with Crippen molar-refractivity contribution in [3.05, 3.63) is 24.2 Å². The Labute approximate surface area is 99.8 Å². The Morgan fingerprint density at radius 2 is 2.31 bits per heavy atom. The normalized spacial score (nSPS) is 13.0. The van der Waals surface area contributed by atoms with E-state index in [9.17, 15) is 0 Å². The molecule has 1 atom stereocenters. The first-order valence-corrected chi connectivity index (χ1v) is 5.76. The Morgan fingerprint density at radius 1 is 1.56 bits per heavy atom. The third kappa shape index (κ3) is 1.85. The van der Waals surface area contributed by atoms with Gasteiger partial charge in [0, 0.05) is 31.4 Å². The molecule has 4 nitrogen and oxygen atoms in total. The molecule has 0 N–H and O–H groups in total. The lowest BCUT2D eigenvalue weighted by Crippen LogP contribution is -2.31. The molecule has 0 bridgehead atoms. The van der Waals surface area contributed by atoms with Gasteiger partial charge in [-0.25, -0.2) is 9.50 Å². The number of nitrogens with zero attached hydrogens (tertiary/aromatic N) is 4. The summed E-state index contributed by atoms with van der Waals surface area (Å²) in [5.74, 6) is 1.49. The van der Waals surface area contributed by atoms with Crippen molar-refractivity contribution in [1.29, 1.82) is 0 Å².